The van der Waals surface area contributed by atoms with E-state index in [9.17, 15) is 14.0 Å². The normalized spacial score (nSPS) is 18.6. The van der Waals surface area contributed by atoms with Crippen LogP contribution in [0.3, 0.4) is 0 Å². The Balaban J connectivity index is 1.95. The van der Waals surface area contributed by atoms with E-state index in [1.807, 2.05) is 0 Å². The Bertz CT molecular complexity index is 492. The smallest absolute Gasteiger partial charge is 0.339 e. The molecule has 1 N–H and O–H groups in total. The van der Waals surface area contributed by atoms with E-state index in [1.165, 1.54) is 12.1 Å². The van der Waals surface area contributed by atoms with E-state index in [-0.39, 0.29) is 29.1 Å². The molecule has 6 heteroatoms. The van der Waals surface area contributed by atoms with Crippen LogP contribution in [-0.2, 0) is 9.53 Å². The van der Waals surface area contributed by atoms with Crippen molar-refractivity contribution >= 4 is 23.5 Å². The molecule has 1 aliphatic rings. The van der Waals surface area contributed by atoms with Gasteiger partial charge in [0.05, 0.1) is 16.6 Å². The van der Waals surface area contributed by atoms with Crippen LogP contribution in [0.15, 0.2) is 18.2 Å². The number of rotatable bonds is 3. The highest BCUT2D eigenvalue weighted by Gasteiger charge is 2.23. The van der Waals surface area contributed by atoms with Gasteiger partial charge in [-0.05, 0) is 18.6 Å². The molecule has 0 spiro atoms. The Labute approximate surface area is 108 Å². The zero-order valence-electron chi connectivity index (χ0n) is 9.41. The van der Waals surface area contributed by atoms with E-state index in [1.54, 1.807) is 0 Å². The summed E-state index contributed by atoms with van der Waals surface area (Å²) in [4.78, 5) is 22.6. The minimum Gasteiger partial charge on any atom is -0.460 e. The standard InChI is InChI=1S/C12H11ClFNO3/c13-11-8(2-1-3-9(11)14)12(17)18-6-7-4-5-10(16)15-7/h1-3,7H,4-6H2,(H,15,16)/t7-/m1/s1. The lowest BCUT2D eigenvalue weighted by molar-refractivity contribution is -0.119. The number of amides is 1. The average Bonchev–Trinajstić information content (AvgIpc) is 2.76. The third-order valence-corrected chi connectivity index (χ3v) is 3.06. The van der Waals surface area contributed by atoms with Gasteiger partial charge in [-0.25, -0.2) is 9.18 Å². The lowest BCUT2D eigenvalue weighted by Crippen LogP contribution is -2.30. The monoisotopic (exact) mass is 271 g/mol. The molecule has 4 nitrogen and oxygen atoms in total. The van der Waals surface area contributed by atoms with Crippen LogP contribution < -0.4 is 5.32 Å². The first-order valence-electron chi connectivity index (χ1n) is 5.48. The first-order chi connectivity index (χ1) is 8.58. The van der Waals surface area contributed by atoms with Gasteiger partial charge in [0, 0.05) is 6.42 Å². The van der Waals surface area contributed by atoms with Crippen molar-refractivity contribution in [2.24, 2.45) is 0 Å². The molecule has 0 saturated carbocycles. The molecule has 1 aromatic carbocycles. The Hall–Kier alpha value is -1.62. The van der Waals surface area contributed by atoms with Crippen molar-refractivity contribution in [1.82, 2.24) is 5.32 Å². The molecule has 1 heterocycles. The van der Waals surface area contributed by atoms with Crippen LogP contribution in [0.25, 0.3) is 0 Å². The summed E-state index contributed by atoms with van der Waals surface area (Å²) in [6.45, 7) is 0.0669. The molecule has 1 aliphatic heterocycles. The number of halogens is 2. The van der Waals surface area contributed by atoms with Gasteiger partial charge >= 0.3 is 5.97 Å². The number of benzene rings is 1. The maximum Gasteiger partial charge on any atom is 0.339 e. The topological polar surface area (TPSA) is 55.4 Å². The molecule has 0 aliphatic carbocycles. The molecule has 1 amide bonds. The molecule has 1 fully saturated rings. The number of ether oxygens (including phenoxy) is 1. The molecular weight excluding hydrogens is 261 g/mol. The number of esters is 1. The third-order valence-electron chi connectivity index (χ3n) is 2.67. The van der Waals surface area contributed by atoms with E-state index in [0.717, 1.165) is 6.07 Å². The maximum atomic E-state index is 13.1. The van der Waals surface area contributed by atoms with Crippen LogP contribution >= 0.6 is 11.6 Å². The van der Waals surface area contributed by atoms with Gasteiger partial charge in [-0.3, -0.25) is 4.79 Å². The predicted octanol–water partition coefficient (Wildman–Crippen LogP) is 1.91. The van der Waals surface area contributed by atoms with E-state index < -0.39 is 11.8 Å². The molecule has 0 bridgehead atoms. The summed E-state index contributed by atoms with van der Waals surface area (Å²) in [7, 11) is 0. The van der Waals surface area contributed by atoms with Crippen LogP contribution in [0.2, 0.25) is 5.02 Å². The minimum absolute atomic E-state index is 0.0130. The number of hydrogen-bond donors (Lipinski definition) is 1. The van der Waals surface area contributed by atoms with Gasteiger partial charge in [-0.2, -0.15) is 0 Å². The fourth-order valence-electron chi connectivity index (χ4n) is 1.72. The van der Waals surface area contributed by atoms with Crippen molar-refractivity contribution < 1.29 is 18.7 Å². The van der Waals surface area contributed by atoms with Gasteiger partial charge in [-0.15, -0.1) is 0 Å². The zero-order valence-corrected chi connectivity index (χ0v) is 10.2. The average molecular weight is 272 g/mol. The summed E-state index contributed by atoms with van der Waals surface area (Å²) < 4.78 is 18.1. The summed E-state index contributed by atoms with van der Waals surface area (Å²) in [5, 5.41) is 2.41. The van der Waals surface area contributed by atoms with Crippen LogP contribution in [-0.4, -0.2) is 24.5 Å². The van der Waals surface area contributed by atoms with Crippen molar-refractivity contribution in [3.8, 4) is 0 Å². The summed E-state index contributed by atoms with van der Waals surface area (Å²) in [5.74, 6) is -1.42. The highest BCUT2D eigenvalue weighted by atomic mass is 35.5. The van der Waals surface area contributed by atoms with E-state index in [4.69, 9.17) is 16.3 Å². The second kappa shape index (κ2) is 5.35. The first-order valence-corrected chi connectivity index (χ1v) is 5.86. The van der Waals surface area contributed by atoms with Gasteiger partial charge in [0.15, 0.2) is 0 Å². The van der Waals surface area contributed by atoms with Gasteiger partial charge in [-0.1, -0.05) is 17.7 Å². The van der Waals surface area contributed by atoms with Crippen LogP contribution in [0.4, 0.5) is 4.39 Å². The van der Waals surface area contributed by atoms with Crippen molar-refractivity contribution in [2.45, 2.75) is 18.9 Å². The molecule has 1 aromatic rings. The Kier molecular flexibility index (Phi) is 3.81. The van der Waals surface area contributed by atoms with Crippen LogP contribution in [0, 0.1) is 5.82 Å². The molecule has 18 heavy (non-hydrogen) atoms. The predicted molar refractivity (Wildman–Crippen MR) is 62.9 cm³/mol. The Morgan fingerprint density at radius 2 is 2.33 bits per heavy atom. The number of carbonyl (C=O) groups is 2. The van der Waals surface area contributed by atoms with Gasteiger partial charge in [0.25, 0.3) is 0 Å². The second-order valence-electron chi connectivity index (χ2n) is 4.00. The maximum absolute atomic E-state index is 13.1. The molecule has 96 valence electrons. The Morgan fingerprint density at radius 3 is 3.00 bits per heavy atom. The molecular formula is C12H11ClFNO3. The van der Waals surface area contributed by atoms with Crippen molar-refractivity contribution in [1.29, 1.82) is 0 Å². The molecule has 1 atom stereocenters. The molecule has 0 aromatic heterocycles. The van der Waals surface area contributed by atoms with Gasteiger partial charge in [0.2, 0.25) is 5.91 Å². The fraction of sp³-hybridized carbons (Fsp3) is 0.333. The SMILES string of the molecule is O=C1CC[C@H](COC(=O)c2cccc(F)c2Cl)N1. The van der Waals surface area contributed by atoms with Crippen molar-refractivity contribution in [3.63, 3.8) is 0 Å². The summed E-state index contributed by atoms with van der Waals surface area (Å²) in [5.41, 5.74) is -0.0130. The van der Waals surface area contributed by atoms with Crippen molar-refractivity contribution in [3.05, 3.63) is 34.6 Å². The molecule has 0 unspecified atom stereocenters. The van der Waals surface area contributed by atoms with E-state index in [0.29, 0.717) is 12.8 Å². The minimum atomic E-state index is -0.694. The fourth-order valence-corrected chi connectivity index (χ4v) is 1.92. The molecule has 2 rings (SSSR count). The third kappa shape index (κ3) is 2.79. The van der Waals surface area contributed by atoms with E-state index >= 15 is 0 Å². The largest absolute Gasteiger partial charge is 0.460 e. The first kappa shape index (κ1) is 12.8. The highest BCUT2D eigenvalue weighted by molar-refractivity contribution is 6.33. The number of hydrogen-bond acceptors (Lipinski definition) is 3. The quantitative estimate of drug-likeness (QED) is 0.855. The molecule has 1 saturated heterocycles. The lowest BCUT2D eigenvalue weighted by atomic mass is 10.2. The second-order valence-corrected chi connectivity index (χ2v) is 4.38. The summed E-state index contributed by atoms with van der Waals surface area (Å²) in [6.07, 6.45) is 1.06. The van der Waals surface area contributed by atoms with Crippen LogP contribution in [0.1, 0.15) is 23.2 Å². The highest BCUT2D eigenvalue weighted by Crippen LogP contribution is 2.20. The number of carbonyl (C=O) groups excluding carboxylic acids is 2. The summed E-state index contributed by atoms with van der Waals surface area (Å²) >= 11 is 5.66. The molecule has 0 radical (unpaired) electrons. The van der Waals surface area contributed by atoms with Crippen molar-refractivity contribution in [2.75, 3.05) is 6.61 Å². The Morgan fingerprint density at radius 1 is 1.56 bits per heavy atom. The summed E-state index contributed by atoms with van der Waals surface area (Å²) in [6, 6.07) is 3.76. The van der Waals surface area contributed by atoms with Gasteiger partial charge in [0.1, 0.15) is 12.4 Å². The van der Waals surface area contributed by atoms with E-state index in [2.05, 4.69) is 5.32 Å². The number of nitrogens with one attached hydrogen (secondary N) is 1. The van der Waals surface area contributed by atoms with Crippen LogP contribution in [0.5, 0.6) is 0 Å². The zero-order chi connectivity index (χ0) is 13.1. The lowest BCUT2D eigenvalue weighted by Gasteiger charge is -2.11. The van der Waals surface area contributed by atoms with Gasteiger partial charge < -0.3 is 10.1 Å².